The molecular weight excluding hydrogens is 358 g/mol. The monoisotopic (exact) mass is 383 g/mol. The standard InChI is InChI=1S/C21H25N3O2S/c1-15-10-9-11-16(2)19(15)23-27(25,26)18-14-24(17-12-7-6-8-13-17)22-20(18)21(3,4)5/h6-14,23H,1-5H3. The lowest BCUT2D eigenvalue weighted by Crippen LogP contribution is -2.21. The first-order valence-corrected chi connectivity index (χ1v) is 10.3. The molecule has 0 atom stereocenters. The highest BCUT2D eigenvalue weighted by Gasteiger charge is 2.30. The van der Waals surface area contributed by atoms with Gasteiger partial charge in [0.05, 0.1) is 23.3 Å². The summed E-state index contributed by atoms with van der Waals surface area (Å²) in [5.41, 5.74) is 3.30. The van der Waals surface area contributed by atoms with Gasteiger partial charge in [0.1, 0.15) is 4.90 Å². The van der Waals surface area contributed by atoms with Crippen molar-refractivity contribution < 1.29 is 8.42 Å². The van der Waals surface area contributed by atoms with Crippen LogP contribution in [-0.4, -0.2) is 18.2 Å². The SMILES string of the molecule is Cc1cccc(C)c1NS(=O)(=O)c1cn(-c2ccccc2)nc1C(C)(C)C. The maximum Gasteiger partial charge on any atom is 0.265 e. The lowest BCUT2D eigenvalue weighted by Gasteiger charge is -2.18. The highest BCUT2D eigenvalue weighted by atomic mass is 32.2. The molecule has 27 heavy (non-hydrogen) atoms. The molecule has 6 heteroatoms. The van der Waals surface area contributed by atoms with Crippen LogP contribution in [0.5, 0.6) is 0 Å². The van der Waals surface area contributed by atoms with E-state index in [-0.39, 0.29) is 4.90 Å². The molecule has 3 aromatic rings. The highest BCUT2D eigenvalue weighted by Crippen LogP contribution is 2.31. The molecule has 0 aliphatic carbocycles. The molecule has 0 aliphatic heterocycles. The first-order valence-electron chi connectivity index (χ1n) is 8.84. The molecule has 3 rings (SSSR count). The molecule has 0 bridgehead atoms. The number of hydrogen-bond acceptors (Lipinski definition) is 3. The van der Waals surface area contributed by atoms with Crippen molar-refractivity contribution in [1.29, 1.82) is 0 Å². The zero-order valence-electron chi connectivity index (χ0n) is 16.3. The van der Waals surface area contributed by atoms with Crippen LogP contribution >= 0.6 is 0 Å². The van der Waals surface area contributed by atoms with E-state index in [1.807, 2.05) is 83.1 Å². The van der Waals surface area contributed by atoms with Crippen LogP contribution in [0.2, 0.25) is 0 Å². The van der Waals surface area contributed by atoms with Crippen LogP contribution in [0, 0.1) is 13.8 Å². The van der Waals surface area contributed by atoms with Gasteiger partial charge in [-0.05, 0) is 37.1 Å². The third-order valence-electron chi connectivity index (χ3n) is 4.42. The molecule has 0 aliphatic rings. The number of sulfonamides is 1. The van der Waals surface area contributed by atoms with E-state index in [0.29, 0.717) is 11.4 Å². The summed E-state index contributed by atoms with van der Waals surface area (Å²) in [6.07, 6.45) is 1.59. The largest absolute Gasteiger partial charge is 0.279 e. The van der Waals surface area contributed by atoms with Crippen LogP contribution in [0.15, 0.2) is 59.6 Å². The van der Waals surface area contributed by atoms with E-state index in [1.54, 1.807) is 10.9 Å². The summed E-state index contributed by atoms with van der Waals surface area (Å²) in [6.45, 7) is 9.67. The molecule has 0 saturated heterocycles. The molecule has 1 aromatic heterocycles. The minimum Gasteiger partial charge on any atom is -0.279 e. The lowest BCUT2D eigenvalue weighted by atomic mass is 9.92. The second-order valence-corrected chi connectivity index (χ2v) is 9.40. The van der Waals surface area contributed by atoms with Crippen molar-refractivity contribution in [2.45, 2.75) is 44.9 Å². The van der Waals surface area contributed by atoms with Crippen molar-refractivity contribution in [1.82, 2.24) is 9.78 Å². The van der Waals surface area contributed by atoms with Gasteiger partial charge in [-0.15, -0.1) is 0 Å². The molecule has 5 nitrogen and oxygen atoms in total. The summed E-state index contributed by atoms with van der Waals surface area (Å²) >= 11 is 0. The first kappa shape index (κ1) is 19.2. The Morgan fingerprint density at radius 1 is 0.926 bits per heavy atom. The summed E-state index contributed by atoms with van der Waals surface area (Å²) in [4.78, 5) is 0.196. The number of aryl methyl sites for hydroxylation is 2. The van der Waals surface area contributed by atoms with Gasteiger partial charge in [-0.2, -0.15) is 5.10 Å². The minimum absolute atomic E-state index is 0.196. The van der Waals surface area contributed by atoms with E-state index >= 15 is 0 Å². The topological polar surface area (TPSA) is 64.0 Å². The smallest absolute Gasteiger partial charge is 0.265 e. The van der Waals surface area contributed by atoms with Gasteiger partial charge in [-0.3, -0.25) is 4.72 Å². The second kappa shape index (κ2) is 6.85. The number of anilines is 1. The Morgan fingerprint density at radius 2 is 1.52 bits per heavy atom. The molecular formula is C21H25N3O2S. The number of hydrogen-bond donors (Lipinski definition) is 1. The van der Waals surface area contributed by atoms with Gasteiger partial charge in [0.2, 0.25) is 0 Å². The second-order valence-electron chi connectivity index (χ2n) is 7.74. The summed E-state index contributed by atoms with van der Waals surface area (Å²) in [5, 5.41) is 4.60. The molecule has 0 radical (unpaired) electrons. The van der Waals surface area contributed by atoms with E-state index in [9.17, 15) is 8.42 Å². The fourth-order valence-electron chi connectivity index (χ4n) is 2.95. The van der Waals surface area contributed by atoms with Crippen molar-refractivity contribution in [2.24, 2.45) is 0 Å². The van der Waals surface area contributed by atoms with Gasteiger partial charge in [0.15, 0.2) is 0 Å². The summed E-state index contributed by atoms with van der Waals surface area (Å²) in [6, 6.07) is 15.2. The first-order chi connectivity index (χ1) is 12.6. The maximum atomic E-state index is 13.3. The van der Waals surface area contributed by atoms with E-state index < -0.39 is 15.4 Å². The Balaban J connectivity index is 2.13. The Hall–Kier alpha value is -2.60. The van der Waals surface area contributed by atoms with Gasteiger partial charge in [-0.25, -0.2) is 13.1 Å². The van der Waals surface area contributed by atoms with Gasteiger partial charge in [0.25, 0.3) is 10.0 Å². The van der Waals surface area contributed by atoms with Gasteiger partial charge < -0.3 is 0 Å². The van der Waals surface area contributed by atoms with E-state index in [1.165, 1.54) is 0 Å². The minimum atomic E-state index is -3.79. The number of nitrogens with one attached hydrogen (secondary N) is 1. The fraction of sp³-hybridized carbons (Fsp3) is 0.286. The fourth-order valence-corrected chi connectivity index (χ4v) is 4.49. The van der Waals surface area contributed by atoms with Crippen LogP contribution in [0.3, 0.4) is 0 Å². The number of nitrogens with zero attached hydrogens (tertiary/aromatic N) is 2. The molecule has 2 aromatic carbocycles. The van der Waals surface area contributed by atoms with Crippen LogP contribution in [0.1, 0.15) is 37.6 Å². The molecule has 0 fully saturated rings. The molecule has 142 valence electrons. The third kappa shape index (κ3) is 3.90. The Labute approximate surface area is 161 Å². The molecule has 0 spiro atoms. The van der Waals surface area contributed by atoms with E-state index in [0.717, 1.165) is 16.8 Å². The molecule has 0 unspecified atom stereocenters. The predicted molar refractivity (Wildman–Crippen MR) is 109 cm³/mol. The molecule has 0 amide bonds. The quantitative estimate of drug-likeness (QED) is 0.717. The number of para-hydroxylation sites is 2. The van der Waals surface area contributed by atoms with Crippen LogP contribution in [-0.2, 0) is 15.4 Å². The van der Waals surface area contributed by atoms with Crippen molar-refractivity contribution in [3.8, 4) is 5.69 Å². The zero-order valence-corrected chi connectivity index (χ0v) is 17.1. The maximum absolute atomic E-state index is 13.3. The Morgan fingerprint density at radius 3 is 2.07 bits per heavy atom. The average molecular weight is 384 g/mol. The Kier molecular flexibility index (Phi) is 4.86. The van der Waals surface area contributed by atoms with Crippen molar-refractivity contribution in [3.63, 3.8) is 0 Å². The number of aromatic nitrogens is 2. The van der Waals surface area contributed by atoms with Crippen LogP contribution in [0.25, 0.3) is 5.69 Å². The van der Waals surface area contributed by atoms with Crippen LogP contribution < -0.4 is 4.72 Å². The lowest BCUT2D eigenvalue weighted by molar-refractivity contribution is 0.543. The highest BCUT2D eigenvalue weighted by molar-refractivity contribution is 7.92. The number of benzene rings is 2. The van der Waals surface area contributed by atoms with Crippen molar-refractivity contribution in [3.05, 3.63) is 71.5 Å². The van der Waals surface area contributed by atoms with Crippen LogP contribution in [0.4, 0.5) is 5.69 Å². The van der Waals surface area contributed by atoms with Crippen molar-refractivity contribution >= 4 is 15.7 Å². The Bertz CT molecular complexity index is 1040. The van der Waals surface area contributed by atoms with Gasteiger partial charge >= 0.3 is 0 Å². The van der Waals surface area contributed by atoms with E-state index in [4.69, 9.17) is 0 Å². The van der Waals surface area contributed by atoms with Crippen molar-refractivity contribution in [2.75, 3.05) is 4.72 Å². The summed E-state index contributed by atoms with van der Waals surface area (Å²) in [5.74, 6) is 0. The number of rotatable bonds is 4. The molecule has 1 heterocycles. The third-order valence-corrected chi connectivity index (χ3v) is 5.77. The van der Waals surface area contributed by atoms with E-state index in [2.05, 4.69) is 9.82 Å². The average Bonchev–Trinajstić information content (AvgIpc) is 3.06. The summed E-state index contributed by atoms with van der Waals surface area (Å²) < 4.78 is 30.9. The normalized spacial score (nSPS) is 12.2. The summed E-state index contributed by atoms with van der Waals surface area (Å²) in [7, 11) is -3.79. The molecule has 0 saturated carbocycles. The van der Waals surface area contributed by atoms with Gasteiger partial charge in [0, 0.05) is 5.41 Å². The molecule has 1 N–H and O–H groups in total. The predicted octanol–water partition coefficient (Wildman–Crippen LogP) is 4.59. The van der Waals surface area contributed by atoms with Gasteiger partial charge in [-0.1, -0.05) is 57.2 Å². The zero-order chi connectivity index (χ0) is 19.8.